The quantitative estimate of drug-likeness (QED) is 0.577. The molecule has 0 radical (unpaired) electrons. The van der Waals surface area contributed by atoms with Crippen LogP contribution >= 0.6 is 0 Å². The molecule has 3 heterocycles. The van der Waals surface area contributed by atoms with Gasteiger partial charge in [0, 0.05) is 24.7 Å². The number of rotatable bonds is 4. The summed E-state index contributed by atoms with van der Waals surface area (Å²) in [5.74, 6) is -0.142. The molecule has 1 aromatic carbocycles. The fraction of sp³-hybridized carbons (Fsp3) is 0.417. The maximum atomic E-state index is 13.5. The minimum Gasteiger partial charge on any atom is -0.338 e. The molecule has 1 aliphatic carbocycles. The lowest BCUT2D eigenvalue weighted by atomic mass is 9.87. The van der Waals surface area contributed by atoms with Crippen molar-refractivity contribution in [3.8, 4) is 6.07 Å². The van der Waals surface area contributed by atoms with E-state index in [0.29, 0.717) is 6.54 Å². The molecule has 1 saturated heterocycles. The molecule has 1 unspecified atom stereocenters. The average Bonchev–Trinajstić information content (AvgIpc) is 3.51. The van der Waals surface area contributed by atoms with Gasteiger partial charge in [-0.15, -0.1) is 0 Å². The van der Waals surface area contributed by atoms with Gasteiger partial charge in [0.05, 0.1) is 24.3 Å². The zero-order valence-corrected chi connectivity index (χ0v) is 17.0. The van der Waals surface area contributed by atoms with Gasteiger partial charge in [0.2, 0.25) is 0 Å². The summed E-state index contributed by atoms with van der Waals surface area (Å²) in [6.07, 6.45) is 10.5. The lowest BCUT2D eigenvalue weighted by molar-refractivity contribution is -0.127. The predicted molar refractivity (Wildman–Crippen MR) is 116 cm³/mol. The van der Waals surface area contributed by atoms with Gasteiger partial charge in [-0.2, -0.15) is 5.26 Å². The van der Waals surface area contributed by atoms with E-state index in [9.17, 15) is 10.1 Å². The largest absolute Gasteiger partial charge is 0.338 e. The van der Waals surface area contributed by atoms with Crippen LogP contribution in [-0.4, -0.2) is 53.9 Å². The summed E-state index contributed by atoms with van der Waals surface area (Å²) < 4.78 is 0. The number of allylic oxidation sites excluding steroid dienone is 2. The second-order valence-electron chi connectivity index (χ2n) is 8.39. The van der Waals surface area contributed by atoms with Crippen molar-refractivity contribution < 1.29 is 4.79 Å². The monoisotopic (exact) mass is 399 g/mol. The molecule has 6 heteroatoms. The molecule has 2 fully saturated rings. The highest BCUT2D eigenvalue weighted by atomic mass is 16.2. The molecule has 1 saturated carbocycles. The van der Waals surface area contributed by atoms with Gasteiger partial charge in [-0.1, -0.05) is 30.3 Å². The van der Waals surface area contributed by atoms with Crippen molar-refractivity contribution >= 4 is 18.5 Å². The Morgan fingerprint density at radius 3 is 2.60 bits per heavy atom. The van der Waals surface area contributed by atoms with Gasteiger partial charge in [0.15, 0.2) is 0 Å². The van der Waals surface area contributed by atoms with E-state index in [4.69, 9.17) is 0 Å². The van der Waals surface area contributed by atoms with Gasteiger partial charge in [-0.25, -0.2) is 0 Å². The van der Waals surface area contributed by atoms with E-state index in [2.05, 4.69) is 28.2 Å². The van der Waals surface area contributed by atoms with Crippen LogP contribution in [-0.2, 0) is 10.2 Å². The number of likely N-dealkylation sites (tertiary alicyclic amines) is 1. The summed E-state index contributed by atoms with van der Waals surface area (Å²) in [4.78, 5) is 26.3. The Balaban J connectivity index is 1.65. The molecule has 6 nitrogen and oxygen atoms in total. The van der Waals surface area contributed by atoms with Crippen molar-refractivity contribution in [1.29, 1.82) is 5.26 Å². The Morgan fingerprint density at radius 2 is 1.90 bits per heavy atom. The number of dihydropyridines is 1. The fourth-order valence-corrected chi connectivity index (χ4v) is 4.85. The molecule has 1 amide bonds. The average molecular weight is 399 g/mol. The number of nitrogens with zero attached hydrogens (tertiary/aromatic N) is 5. The summed E-state index contributed by atoms with van der Waals surface area (Å²) >= 11 is 0. The summed E-state index contributed by atoms with van der Waals surface area (Å²) in [5, 5.41) is 10.2. The van der Waals surface area contributed by atoms with Gasteiger partial charge >= 0.3 is 0 Å². The van der Waals surface area contributed by atoms with E-state index in [1.165, 1.54) is 0 Å². The maximum absolute atomic E-state index is 13.5. The van der Waals surface area contributed by atoms with E-state index in [-0.39, 0.29) is 22.9 Å². The van der Waals surface area contributed by atoms with Crippen molar-refractivity contribution in [1.82, 2.24) is 9.80 Å². The SMILES string of the molecule is N#CC(C(=O)N1CCCCC1)=C(N1C=NC2CN=CC=C21)C1(c2ccccc2)CC1. The second kappa shape index (κ2) is 7.56. The fourth-order valence-electron chi connectivity index (χ4n) is 4.85. The molecule has 0 bridgehead atoms. The van der Waals surface area contributed by atoms with Crippen molar-refractivity contribution in [2.45, 2.75) is 43.6 Å². The number of hydrogen-bond donors (Lipinski definition) is 0. The molecule has 30 heavy (non-hydrogen) atoms. The standard InChI is InChI=1S/C24H25N5O/c25-15-19(23(30)28-13-5-2-6-14-28)22(24(10-11-24)18-7-3-1-4-8-18)29-17-27-20-16-26-12-9-21(20)29/h1,3-4,7-9,12,17,20H,2,5-6,10-11,13-14,16H2. The number of benzene rings is 1. The van der Waals surface area contributed by atoms with Crippen LogP contribution in [0.1, 0.15) is 37.7 Å². The third-order valence-electron chi connectivity index (χ3n) is 6.59. The van der Waals surface area contributed by atoms with Gasteiger partial charge in [-0.05, 0) is 43.7 Å². The molecule has 0 spiro atoms. The Bertz CT molecular complexity index is 1000. The first kappa shape index (κ1) is 18.8. The molecule has 4 aliphatic rings. The topological polar surface area (TPSA) is 72.1 Å². The van der Waals surface area contributed by atoms with E-state index in [1.807, 2.05) is 34.1 Å². The molecule has 152 valence electrons. The smallest absolute Gasteiger partial charge is 0.266 e. The molecule has 5 rings (SSSR count). The molecular formula is C24H25N5O. The Labute approximate surface area is 176 Å². The predicted octanol–water partition coefficient (Wildman–Crippen LogP) is 3.19. The minimum atomic E-state index is -0.325. The number of amides is 1. The summed E-state index contributed by atoms with van der Waals surface area (Å²) in [6.45, 7) is 2.05. The molecule has 0 N–H and O–H groups in total. The first-order valence-electron chi connectivity index (χ1n) is 10.8. The van der Waals surface area contributed by atoms with E-state index in [1.54, 1.807) is 12.6 Å². The normalized spacial score (nSPS) is 24.6. The van der Waals surface area contributed by atoms with Crippen LogP contribution in [0, 0.1) is 11.3 Å². The first-order chi connectivity index (χ1) is 14.7. The van der Waals surface area contributed by atoms with Crippen LogP contribution in [0.25, 0.3) is 0 Å². The lowest BCUT2D eigenvalue weighted by Gasteiger charge is -2.33. The lowest BCUT2D eigenvalue weighted by Crippen LogP contribution is -2.39. The Hall–Kier alpha value is -3.20. The molecule has 1 aromatic rings. The number of nitriles is 1. The molecule has 1 atom stereocenters. The number of piperidine rings is 1. The highest BCUT2D eigenvalue weighted by Crippen LogP contribution is 2.56. The summed E-state index contributed by atoms with van der Waals surface area (Å²) in [5.41, 5.74) is 2.88. The second-order valence-corrected chi connectivity index (χ2v) is 8.39. The van der Waals surface area contributed by atoms with Crippen LogP contribution < -0.4 is 0 Å². The Morgan fingerprint density at radius 1 is 1.13 bits per heavy atom. The van der Waals surface area contributed by atoms with Crippen LogP contribution in [0.3, 0.4) is 0 Å². The maximum Gasteiger partial charge on any atom is 0.266 e. The molecular weight excluding hydrogens is 374 g/mol. The van der Waals surface area contributed by atoms with Gasteiger partial charge < -0.3 is 9.80 Å². The zero-order valence-electron chi connectivity index (χ0n) is 17.0. The highest BCUT2D eigenvalue weighted by molar-refractivity contribution is 5.99. The number of hydrogen-bond acceptors (Lipinski definition) is 5. The third-order valence-corrected chi connectivity index (χ3v) is 6.59. The highest BCUT2D eigenvalue weighted by Gasteiger charge is 2.53. The van der Waals surface area contributed by atoms with Crippen LogP contribution in [0.2, 0.25) is 0 Å². The van der Waals surface area contributed by atoms with Crippen molar-refractivity contribution in [2.75, 3.05) is 19.6 Å². The van der Waals surface area contributed by atoms with Gasteiger partial charge in [0.1, 0.15) is 17.7 Å². The van der Waals surface area contributed by atoms with Crippen molar-refractivity contribution in [3.63, 3.8) is 0 Å². The van der Waals surface area contributed by atoms with Gasteiger partial charge in [0.25, 0.3) is 5.91 Å². The van der Waals surface area contributed by atoms with Gasteiger partial charge in [-0.3, -0.25) is 14.8 Å². The number of carbonyl (C=O) groups excluding carboxylic acids is 1. The molecule has 0 aromatic heterocycles. The van der Waals surface area contributed by atoms with Crippen molar-refractivity contribution in [3.05, 3.63) is 58.9 Å². The van der Waals surface area contributed by atoms with Crippen LogP contribution in [0.4, 0.5) is 0 Å². The molecule has 3 aliphatic heterocycles. The van der Waals surface area contributed by atoms with Crippen LogP contribution in [0.15, 0.2) is 63.4 Å². The number of fused-ring (bicyclic) bond motifs is 1. The zero-order chi connectivity index (χ0) is 20.6. The van der Waals surface area contributed by atoms with E-state index < -0.39 is 0 Å². The number of aliphatic imine (C=N–C) groups is 2. The minimum absolute atomic E-state index is 0.0402. The first-order valence-corrected chi connectivity index (χ1v) is 10.8. The number of carbonyl (C=O) groups is 1. The summed E-state index contributed by atoms with van der Waals surface area (Å²) in [6, 6.07) is 12.5. The van der Waals surface area contributed by atoms with E-state index >= 15 is 0 Å². The Kier molecular flexibility index (Phi) is 4.74. The van der Waals surface area contributed by atoms with Crippen molar-refractivity contribution in [2.24, 2.45) is 9.98 Å². The summed E-state index contributed by atoms with van der Waals surface area (Å²) in [7, 11) is 0. The van der Waals surface area contributed by atoms with Crippen LogP contribution in [0.5, 0.6) is 0 Å². The van der Waals surface area contributed by atoms with E-state index in [0.717, 1.165) is 62.2 Å². The third kappa shape index (κ3) is 3.06.